The van der Waals surface area contributed by atoms with Crippen molar-refractivity contribution in [3.05, 3.63) is 36.2 Å². The van der Waals surface area contributed by atoms with E-state index < -0.39 is 5.41 Å². The molecular formula is C30H38N6O. The molecule has 0 radical (unpaired) electrons. The van der Waals surface area contributed by atoms with Crippen molar-refractivity contribution in [2.24, 2.45) is 11.8 Å². The van der Waals surface area contributed by atoms with E-state index in [1.165, 1.54) is 25.9 Å². The molecule has 4 heterocycles. The predicted octanol–water partition coefficient (Wildman–Crippen LogP) is 5.15. The second-order valence-electron chi connectivity index (χ2n) is 13.1. The van der Waals surface area contributed by atoms with Crippen molar-refractivity contribution >= 4 is 28.4 Å². The van der Waals surface area contributed by atoms with Crippen LogP contribution < -0.4 is 10.6 Å². The summed E-state index contributed by atoms with van der Waals surface area (Å²) in [6.45, 7) is 13.2. The lowest BCUT2D eigenvalue weighted by Gasteiger charge is -2.55. The van der Waals surface area contributed by atoms with Crippen LogP contribution in [0, 0.1) is 11.8 Å². The summed E-state index contributed by atoms with van der Waals surface area (Å²) in [5, 5.41) is 0. The van der Waals surface area contributed by atoms with E-state index in [1.54, 1.807) is 0 Å². The van der Waals surface area contributed by atoms with Crippen LogP contribution in [-0.2, 0) is 10.2 Å². The average molecular weight is 499 g/mol. The number of carbonyl (C=O) groups is 1. The Hall–Kier alpha value is -2.93. The molecule has 2 aliphatic heterocycles. The van der Waals surface area contributed by atoms with Gasteiger partial charge in [0.15, 0.2) is 0 Å². The number of amides is 1. The third kappa shape index (κ3) is 3.32. The van der Waals surface area contributed by atoms with Crippen molar-refractivity contribution in [2.45, 2.75) is 83.3 Å². The Morgan fingerprint density at radius 3 is 2.62 bits per heavy atom. The Labute approximate surface area is 219 Å². The Balaban J connectivity index is 1.22. The highest BCUT2D eigenvalue weighted by Crippen LogP contribution is 2.53. The fourth-order valence-corrected chi connectivity index (χ4v) is 7.41. The van der Waals surface area contributed by atoms with Crippen molar-refractivity contribution in [2.75, 3.05) is 23.7 Å². The van der Waals surface area contributed by atoms with E-state index >= 15 is 0 Å². The molecule has 2 N–H and O–H groups in total. The highest BCUT2D eigenvalue weighted by molar-refractivity contribution is 6.08. The fraction of sp³-hybridized carbons (Fsp3) is 0.567. The Morgan fingerprint density at radius 2 is 1.89 bits per heavy atom. The zero-order valence-electron chi connectivity index (χ0n) is 22.7. The summed E-state index contributed by atoms with van der Waals surface area (Å²) in [7, 11) is 0. The fourth-order valence-electron chi connectivity index (χ4n) is 7.41. The summed E-state index contributed by atoms with van der Waals surface area (Å²) in [5.41, 5.74) is 11.7. The molecule has 1 aromatic carbocycles. The molecule has 37 heavy (non-hydrogen) atoms. The van der Waals surface area contributed by atoms with Crippen molar-refractivity contribution in [1.29, 1.82) is 0 Å². The molecule has 0 spiro atoms. The molecule has 2 unspecified atom stereocenters. The first-order valence-electron chi connectivity index (χ1n) is 13.9. The van der Waals surface area contributed by atoms with Crippen molar-refractivity contribution in [3.8, 4) is 11.3 Å². The van der Waals surface area contributed by atoms with E-state index in [9.17, 15) is 4.79 Å². The zero-order chi connectivity index (χ0) is 25.9. The Morgan fingerprint density at radius 1 is 1.11 bits per heavy atom. The second-order valence-corrected chi connectivity index (χ2v) is 13.1. The molecule has 2 aliphatic carbocycles. The number of carbonyl (C=O) groups excluding carboxylic acids is 1. The number of rotatable bonds is 4. The number of nitrogen functional groups attached to an aromatic ring is 1. The first-order chi connectivity index (χ1) is 17.6. The molecule has 3 aromatic rings. The van der Waals surface area contributed by atoms with Gasteiger partial charge in [-0.05, 0) is 96.4 Å². The van der Waals surface area contributed by atoms with Crippen LogP contribution in [-0.4, -0.2) is 50.0 Å². The molecule has 1 saturated heterocycles. The molecule has 7 nitrogen and oxygen atoms in total. The molecule has 7 heteroatoms. The van der Waals surface area contributed by atoms with Crippen LogP contribution in [0.15, 0.2) is 30.6 Å². The number of likely N-dealkylation sites (tertiary alicyclic amines) is 1. The topological polar surface area (TPSA) is 80.3 Å². The molecular weight excluding hydrogens is 460 g/mol. The number of hydrogen-bond acceptors (Lipinski definition) is 5. The summed E-state index contributed by atoms with van der Waals surface area (Å²) in [4.78, 5) is 28.0. The summed E-state index contributed by atoms with van der Waals surface area (Å²) >= 11 is 0. The van der Waals surface area contributed by atoms with E-state index in [1.807, 2.05) is 12.4 Å². The average Bonchev–Trinajstić information content (AvgIpc) is 3.44. The van der Waals surface area contributed by atoms with Gasteiger partial charge in [0.25, 0.3) is 0 Å². The van der Waals surface area contributed by atoms with Gasteiger partial charge in [-0.2, -0.15) is 0 Å². The van der Waals surface area contributed by atoms with Gasteiger partial charge in [-0.25, -0.2) is 9.97 Å². The van der Waals surface area contributed by atoms with E-state index in [0.29, 0.717) is 5.82 Å². The van der Waals surface area contributed by atoms with E-state index in [0.717, 1.165) is 58.2 Å². The van der Waals surface area contributed by atoms with E-state index in [-0.39, 0.29) is 23.5 Å². The van der Waals surface area contributed by atoms with Gasteiger partial charge in [0, 0.05) is 35.4 Å². The molecule has 7 rings (SSSR count). The molecule has 4 aliphatic rings. The first kappa shape index (κ1) is 23.2. The maximum Gasteiger partial charge on any atom is 0.237 e. The second kappa shape index (κ2) is 7.56. The number of imidazole rings is 1. The summed E-state index contributed by atoms with van der Waals surface area (Å²) in [6, 6.07) is 8.86. The summed E-state index contributed by atoms with van der Waals surface area (Å²) < 4.78 is 2.06. The number of nitrogens with zero attached hydrogens (tertiary/aromatic N) is 5. The number of fused-ring (bicyclic) bond motifs is 3. The minimum atomic E-state index is -0.529. The first-order valence-corrected chi connectivity index (χ1v) is 13.9. The number of hydrogen-bond donors (Lipinski definition) is 1. The Bertz CT molecular complexity index is 1430. The summed E-state index contributed by atoms with van der Waals surface area (Å²) in [5.74, 6) is 2.61. The van der Waals surface area contributed by atoms with Crippen LogP contribution in [0.1, 0.15) is 71.9 Å². The van der Waals surface area contributed by atoms with Crippen LogP contribution in [0.2, 0.25) is 0 Å². The van der Waals surface area contributed by atoms with E-state index in [4.69, 9.17) is 10.7 Å². The van der Waals surface area contributed by atoms with Crippen LogP contribution in [0.4, 0.5) is 11.5 Å². The van der Waals surface area contributed by atoms with Crippen LogP contribution >= 0.6 is 0 Å². The monoisotopic (exact) mass is 498 g/mol. The standard InChI is InChI=1S/C30H38N6O/c1-17(2)35-16-32-24-12-23(33-27(31)26(24)35)19-6-7-22-25(11-19)36(28(37)29(22,3)4)21-13-30(5,14-21)34-9-8-18-10-20(18)15-34/h6-7,11-12,16-18,20-21H,8-10,13-15H2,1-5H3,(H2,31,33). The minimum absolute atomic E-state index is 0.208. The van der Waals surface area contributed by atoms with Gasteiger partial charge in [-0.1, -0.05) is 12.1 Å². The molecule has 0 bridgehead atoms. The lowest BCUT2D eigenvalue weighted by atomic mass is 9.71. The number of nitrogens with two attached hydrogens (primary N) is 1. The number of anilines is 2. The van der Waals surface area contributed by atoms with Crippen LogP contribution in [0.5, 0.6) is 0 Å². The third-order valence-corrected chi connectivity index (χ3v) is 9.89. The molecule has 3 fully saturated rings. The lowest BCUT2D eigenvalue weighted by Crippen LogP contribution is -2.64. The van der Waals surface area contributed by atoms with Crippen molar-refractivity contribution < 1.29 is 4.79 Å². The van der Waals surface area contributed by atoms with Gasteiger partial charge < -0.3 is 15.2 Å². The highest BCUT2D eigenvalue weighted by atomic mass is 16.2. The predicted molar refractivity (Wildman–Crippen MR) is 147 cm³/mol. The highest BCUT2D eigenvalue weighted by Gasteiger charge is 2.56. The van der Waals surface area contributed by atoms with Gasteiger partial charge in [-0.15, -0.1) is 0 Å². The molecule has 2 atom stereocenters. The quantitative estimate of drug-likeness (QED) is 0.538. The Kier molecular flexibility index (Phi) is 4.74. The normalized spacial score (nSPS) is 30.5. The lowest BCUT2D eigenvalue weighted by molar-refractivity contribution is -0.123. The van der Waals surface area contributed by atoms with Gasteiger partial charge in [0.2, 0.25) is 5.91 Å². The van der Waals surface area contributed by atoms with Crippen molar-refractivity contribution in [1.82, 2.24) is 19.4 Å². The maximum atomic E-state index is 13.8. The van der Waals surface area contributed by atoms with Crippen LogP contribution in [0.3, 0.4) is 0 Å². The van der Waals surface area contributed by atoms with Gasteiger partial charge in [0.05, 0.1) is 23.0 Å². The largest absolute Gasteiger partial charge is 0.382 e. The van der Waals surface area contributed by atoms with Gasteiger partial charge in [0.1, 0.15) is 11.3 Å². The molecule has 194 valence electrons. The number of pyridine rings is 1. The number of piperidine rings is 1. The zero-order valence-corrected chi connectivity index (χ0v) is 22.7. The summed E-state index contributed by atoms with van der Waals surface area (Å²) in [6.07, 6.45) is 6.69. The number of aromatic nitrogens is 3. The van der Waals surface area contributed by atoms with Gasteiger partial charge in [-0.3, -0.25) is 9.69 Å². The minimum Gasteiger partial charge on any atom is -0.382 e. The van der Waals surface area contributed by atoms with Crippen molar-refractivity contribution in [3.63, 3.8) is 0 Å². The maximum absolute atomic E-state index is 13.8. The number of benzene rings is 1. The van der Waals surface area contributed by atoms with Crippen LogP contribution in [0.25, 0.3) is 22.3 Å². The molecule has 2 aromatic heterocycles. The van der Waals surface area contributed by atoms with Gasteiger partial charge >= 0.3 is 0 Å². The third-order valence-electron chi connectivity index (χ3n) is 9.89. The smallest absolute Gasteiger partial charge is 0.237 e. The van der Waals surface area contributed by atoms with E-state index in [2.05, 4.69) is 72.2 Å². The molecule has 2 saturated carbocycles. The molecule has 1 amide bonds. The SMILES string of the molecule is CC(C)n1cnc2cc(-c3ccc4c(c3)N(C3CC(C)(N5CCC6CC6C5)C3)C(=O)C4(C)C)nc(N)c21.